The number of carbonyl (C=O) groups excluding carboxylic acids is 7. The number of benzene rings is 1. The van der Waals surface area contributed by atoms with Crippen LogP contribution < -0.4 is 11.6 Å². The maximum atomic E-state index is 12.3. The number of hydrazone groups is 1. The number of nitrogens with two attached hydrogens (primary N) is 2. The van der Waals surface area contributed by atoms with Gasteiger partial charge >= 0.3 is 11.9 Å². The number of hydrogen-bond donors (Lipinski definition) is 3. The SMILES string of the molecule is CC(=O)O.CCOC(=O)C/C(=N/N1C(=O)C2CCC1C2)c1cccc(C)n1.CCOC(=O)CC(=O)c1cccc(C)n1.Cc1cccc(-c2nn3c(c2-c2ccnc4ccc(C(N)=O)cc24)C2CCC3C2)n1.NN1C(=O)C2CCC1C2.O=NN1C(=O)C2CCC1C2. The van der Waals surface area contributed by atoms with E-state index in [1.807, 2.05) is 74.6 Å². The van der Waals surface area contributed by atoms with Crippen LogP contribution in [0.25, 0.3) is 33.4 Å². The number of nitroso groups, excluding NO2 is 1. The number of hydrazine groups is 1. The number of piperidine rings is 3. The van der Waals surface area contributed by atoms with Gasteiger partial charge in [0.1, 0.15) is 17.8 Å². The Morgan fingerprint density at radius 2 is 1.16 bits per heavy atom. The van der Waals surface area contributed by atoms with Crippen LogP contribution >= 0.6 is 0 Å². The molecular formula is C66H77N13O12. The van der Waals surface area contributed by atoms with Crippen molar-refractivity contribution < 1.29 is 52.9 Å². The van der Waals surface area contributed by atoms with Gasteiger partial charge in [-0.3, -0.25) is 68.0 Å². The molecule has 8 bridgehead atoms. The van der Waals surface area contributed by atoms with E-state index in [0.717, 1.165) is 127 Å². The predicted molar refractivity (Wildman–Crippen MR) is 334 cm³/mol. The fourth-order valence-electron chi connectivity index (χ4n) is 13.3. The van der Waals surface area contributed by atoms with Gasteiger partial charge in [-0.25, -0.2) is 10.9 Å². The second kappa shape index (κ2) is 29.4. The van der Waals surface area contributed by atoms with Gasteiger partial charge in [0.05, 0.1) is 71.4 Å². The van der Waals surface area contributed by atoms with Crippen LogP contribution in [0.4, 0.5) is 0 Å². The number of ketones is 1. The number of hydrogen-bond acceptors (Lipinski definition) is 19. The van der Waals surface area contributed by atoms with Gasteiger partial charge in [0.25, 0.3) is 5.97 Å². The number of rotatable bonds is 13. The summed E-state index contributed by atoms with van der Waals surface area (Å²) < 4.78 is 11.9. The van der Waals surface area contributed by atoms with E-state index in [2.05, 4.69) is 34.8 Å². The zero-order chi connectivity index (χ0) is 65.2. The van der Waals surface area contributed by atoms with Crippen LogP contribution in [-0.2, 0) is 38.2 Å². The summed E-state index contributed by atoms with van der Waals surface area (Å²) in [7, 11) is 0. The highest BCUT2D eigenvalue weighted by atomic mass is 16.5. The van der Waals surface area contributed by atoms with Crippen molar-refractivity contribution in [3.8, 4) is 22.5 Å². The fourth-order valence-corrected chi connectivity index (χ4v) is 13.3. The zero-order valence-electron chi connectivity index (χ0n) is 52.0. The van der Waals surface area contributed by atoms with Crippen LogP contribution in [0.2, 0.25) is 0 Å². The van der Waals surface area contributed by atoms with E-state index in [4.69, 9.17) is 36.3 Å². The van der Waals surface area contributed by atoms with Gasteiger partial charge in [-0.1, -0.05) is 18.2 Å². The van der Waals surface area contributed by atoms with Crippen molar-refractivity contribution >= 4 is 63.9 Å². The van der Waals surface area contributed by atoms with E-state index in [1.165, 1.54) is 23.5 Å². The summed E-state index contributed by atoms with van der Waals surface area (Å²) in [6.07, 6.45) is 13.9. The minimum Gasteiger partial charge on any atom is -0.481 e. The van der Waals surface area contributed by atoms with E-state index < -0.39 is 17.8 Å². The third-order valence-electron chi connectivity index (χ3n) is 17.5. The van der Waals surface area contributed by atoms with Crippen molar-refractivity contribution in [1.82, 2.24) is 44.7 Å². The number of amides is 4. The Balaban J connectivity index is 0.000000142. The summed E-state index contributed by atoms with van der Waals surface area (Å²) in [6, 6.07) is 25.3. The minimum absolute atomic E-state index is 0.0193. The normalized spacial score (nSPS) is 22.3. The first-order valence-electron chi connectivity index (χ1n) is 31.0. The average molecular weight is 1240 g/mol. The monoisotopic (exact) mass is 1240 g/mol. The van der Waals surface area contributed by atoms with E-state index >= 15 is 0 Å². The Hall–Kier alpha value is -9.52. The number of carbonyl (C=O) groups is 8. The number of carboxylic acids is 1. The third-order valence-corrected chi connectivity index (χ3v) is 17.5. The van der Waals surface area contributed by atoms with E-state index in [-0.39, 0.29) is 78.8 Å². The lowest BCUT2D eigenvalue weighted by atomic mass is 9.91. The molecule has 8 aliphatic rings. The van der Waals surface area contributed by atoms with Gasteiger partial charge in [-0.15, -0.1) is 4.91 Å². The molecule has 4 aliphatic heterocycles. The molecule has 4 aliphatic carbocycles. The van der Waals surface area contributed by atoms with Gasteiger partial charge in [0.15, 0.2) is 5.78 Å². The van der Waals surface area contributed by atoms with Gasteiger partial charge in [0, 0.05) is 76.4 Å². The molecule has 8 unspecified atom stereocenters. The maximum absolute atomic E-state index is 12.3. The summed E-state index contributed by atoms with van der Waals surface area (Å²) in [5.74, 6) is 4.16. The number of esters is 2. The molecule has 91 heavy (non-hydrogen) atoms. The number of aliphatic carboxylic acids is 1. The summed E-state index contributed by atoms with van der Waals surface area (Å²) in [6.45, 7) is 10.8. The van der Waals surface area contributed by atoms with E-state index in [9.17, 15) is 38.5 Å². The lowest BCUT2D eigenvalue weighted by Crippen LogP contribution is -2.42. The molecular weight excluding hydrogens is 1170 g/mol. The molecule has 0 radical (unpaired) electrons. The van der Waals surface area contributed by atoms with Crippen molar-refractivity contribution in [2.24, 2.45) is 39.7 Å². The van der Waals surface area contributed by atoms with Crippen LogP contribution in [0.1, 0.15) is 172 Å². The Kier molecular flexibility index (Phi) is 21.3. The molecule has 25 heteroatoms. The molecule has 14 rings (SSSR count). The fraction of sp³-hybridized carbons (Fsp3) is 0.455. The van der Waals surface area contributed by atoms with Crippen LogP contribution in [0.15, 0.2) is 95.4 Å². The minimum atomic E-state index is -0.833. The number of carboxylic acid groups (broad SMARTS) is 1. The Bertz CT molecular complexity index is 3790. The van der Waals surface area contributed by atoms with Crippen molar-refractivity contribution in [3.05, 3.63) is 130 Å². The van der Waals surface area contributed by atoms with Crippen LogP contribution in [0, 0.1) is 43.4 Å². The van der Waals surface area contributed by atoms with Gasteiger partial charge in [0.2, 0.25) is 23.6 Å². The van der Waals surface area contributed by atoms with Crippen LogP contribution in [0.3, 0.4) is 0 Å². The molecule has 5 N–H and O–H groups in total. The Morgan fingerprint density at radius 3 is 1.69 bits per heavy atom. The smallest absolute Gasteiger partial charge is 0.313 e. The third kappa shape index (κ3) is 15.4. The molecule has 3 saturated heterocycles. The molecule has 5 aromatic heterocycles. The molecule has 4 amide bonds. The lowest BCUT2D eigenvalue weighted by molar-refractivity contribution is -0.142. The zero-order valence-corrected chi connectivity index (χ0v) is 52.0. The summed E-state index contributed by atoms with van der Waals surface area (Å²) in [4.78, 5) is 117. The molecule has 4 saturated carbocycles. The molecule has 25 nitrogen and oxygen atoms in total. The summed E-state index contributed by atoms with van der Waals surface area (Å²) in [5, 5.41) is 24.7. The summed E-state index contributed by atoms with van der Waals surface area (Å²) in [5.41, 5.74) is 16.1. The number of aromatic nitrogens is 6. The van der Waals surface area contributed by atoms with Crippen molar-refractivity contribution in [2.45, 2.75) is 162 Å². The highest BCUT2D eigenvalue weighted by Crippen LogP contribution is 2.54. The lowest BCUT2D eigenvalue weighted by Gasteiger charge is -2.23. The molecule has 9 heterocycles. The standard InChI is InChI=1S/C24H21N5O.C17H21N3O3.C11H13NO3.C6H8N2O2.C6H10N2O.C2H4O2/c1-13-3-2-4-20(27-13)22-21(23-14-5-7-16(11-14)29(23)28-22)17-9-10-26-19-8-6-15(24(25)30)12-18(17)19;1-3-23-16(21)10-15(14-6-4-5-11(2)18-14)19-20-13-8-7-12(9-13)17(20)22;1-3-15-11(14)7-10(13)9-6-4-5-8(2)12-9;9-6-4-1-2-5(3-4)8(6)7-10;7-8-5-2-1-4(3-5)6(8)9;1-2(3)4/h2-4,6,8-10,12,14,16H,5,7,11H2,1H3,(H2,25,30);4-6,12-13H,3,7-10H2,1-2H3;4-6H,3,7H2,1-2H3;4-5H,1-3H2;4-5H,1-3,7H2;1H3,(H,3,4)/b;19-15-;;;;. The van der Waals surface area contributed by atoms with Crippen LogP contribution in [-0.4, -0.2) is 134 Å². The molecule has 6 aromatic rings. The van der Waals surface area contributed by atoms with Crippen molar-refractivity contribution in [1.29, 1.82) is 0 Å². The number of fused-ring (bicyclic) bond motifs is 12. The van der Waals surface area contributed by atoms with Gasteiger partial charge < -0.3 is 20.3 Å². The topological polar surface area (TPSA) is 348 Å². The molecule has 478 valence electrons. The number of primary amides is 1. The average Bonchev–Trinajstić information content (AvgIpc) is 1.59. The first-order valence-corrected chi connectivity index (χ1v) is 31.0. The largest absolute Gasteiger partial charge is 0.481 e. The van der Waals surface area contributed by atoms with Crippen molar-refractivity contribution in [3.63, 3.8) is 0 Å². The van der Waals surface area contributed by atoms with E-state index in [1.54, 1.807) is 50.0 Å². The first kappa shape index (κ1) is 65.9. The number of ether oxygens (including phenoxy) is 2. The summed E-state index contributed by atoms with van der Waals surface area (Å²) >= 11 is 0. The molecule has 0 spiro atoms. The van der Waals surface area contributed by atoms with Gasteiger partial charge in [-0.2, -0.15) is 15.2 Å². The molecule has 7 fully saturated rings. The number of pyridine rings is 4. The number of aryl methyl sites for hydroxylation is 3. The highest BCUT2D eigenvalue weighted by Gasteiger charge is 2.47. The first-order chi connectivity index (χ1) is 43.7. The quantitative estimate of drug-likeness (QED) is 0.0185. The number of nitrogens with zero attached hydrogens (tertiary/aromatic N) is 11. The van der Waals surface area contributed by atoms with Gasteiger partial charge in [-0.05, 0) is 178 Å². The Labute approximate surface area is 526 Å². The Morgan fingerprint density at radius 1 is 0.637 bits per heavy atom. The predicted octanol–water partition coefficient (Wildman–Crippen LogP) is 8.61. The van der Waals surface area contributed by atoms with Crippen LogP contribution in [0.5, 0.6) is 0 Å². The maximum Gasteiger partial charge on any atom is 0.313 e. The highest BCUT2D eigenvalue weighted by molar-refractivity contribution is 6.09. The molecule has 1 aromatic carbocycles. The van der Waals surface area contributed by atoms with Crippen molar-refractivity contribution in [2.75, 3.05) is 13.2 Å². The molecule has 8 atom stereocenters. The van der Waals surface area contributed by atoms with E-state index in [0.29, 0.717) is 47.3 Å². The number of Topliss-reactive ketones (excluding diaryl/α,β-unsaturated/α-hetero) is 1. The second-order valence-electron chi connectivity index (χ2n) is 23.8. The second-order valence-corrected chi connectivity index (χ2v) is 23.8.